The van der Waals surface area contributed by atoms with Crippen molar-refractivity contribution in [2.24, 2.45) is 0 Å². The summed E-state index contributed by atoms with van der Waals surface area (Å²) in [5.41, 5.74) is 1.91. The molecule has 0 radical (unpaired) electrons. The lowest BCUT2D eigenvalue weighted by molar-refractivity contribution is 0.701. The number of hydrogen-bond acceptors (Lipinski definition) is 3. The third kappa shape index (κ3) is 2.14. The van der Waals surface area contributed by atoms with Crippen molar-refractivity contribution in [3.63, 3.8) is 0 Å². The number of aromatic amines is 1. The molecule has 100 valence electrons. The number of fused-ring (bicyclic) bond motifs is 1. The summed E-state index contributed by atoms with van der Waals surface area (Å²) < 4.78 is 1.18. The van der Waals surface area contributed by atoms with Crippen molar-refractivity contribution in [3.05, 3.63) is 74.7 Å². The summed E-state index contributed by atoms with van der Waals surface area (Å²) >= 11 is 0. The third-order valence-electron chi connectivity index (χ3n) is 3.20. The smallest absolute Gasteiger partial charge is 0.314 e. The van der Waals surface area contributed by atoms with Crippen molar-refractivity contribution in [2.45, 2.75) is 13.5 Å². The number of para-hydroxylation sites is 1. The summed E-state index contributed by atoms with van der Waals surface area (Å²) in [7, 11) is 0. The van der Waals surface area contributed by atoms with E-state index in [9.17, 15) is 9.59 Å². The van der Waals surface area contributed by atoms with Gasteiger partial charge in [0, 0.05) is 23.3 Å². The molecule has 0 fully saturated rings. The summed E-state index contributed by atoms with van der Waals surface area (Å²) in [4.78, 5) is 30.5. The van der Waals surface area contributed by atoms with E-state index in [1.165, 1.54) is 16.8 Å². The Morgan fingerprint density at radius 1 is 1.20 bits per heavy atom. The highest BCUT2D eigenvalue weighted by atomic mass is 16.2. The van der Waals surface area contributed by atoms with E-state index in [2.05, 4.69) is 9.97 Å². The zero-order chi connectivity index (χ0) is 14.1. The number of aromatic nitrogens is 3. The highest BCUT2D eigenvalue weighted by molar-refractivity contribution is 5.82. The van der Waals surface area contributed by atoms with Gasteiger partial charge >= 0.3 is 5.69 Å². The molecule has 0 aliphatic carbocycles. The standard InChI is InChI=1S/C15H13N3O2/c1-10-8-11(12-4-2-3-5-13(12)17-10)9-18-14(19)6-7-16-15(18)20/h2-8H,9H2,1H3,(H,16,20). The van der Waals surface area contributed by atoms with Gasteiger partial charge < -0.3 is 4.98 Å². The second kappa shape index (κ2) is 4.77. The molecular formula is C15H13N3O2. The van der Waals surface area contributed by atoms with Gasteiger partial charge in [0.2, 0.25) is 0 Å². The van der Waals surface area contributed by atoms with Crippen molar-refractivity contribution < 1.29 is 0 Å². The van der Waals surface area contributed by atoms with Gasteiger partial charge in [0.05, 0.1) is 12.1 Å². The predicted octanol–water partition coefficient (Wildman–Crippen LogP) is 1.44. The van der Waals surface area contributed by atoms with Crippen LogP contribution in [0.1, 0.15) is 11.3 Å². The molecule has 0 amide bonds. The number of aryl methyl sites for hydroxylation is 1. The molecule has 1 aromatic carbocycles. The van der Waals surface area contributed by atoms with Crippen LogP contribution in [0.15, 0.2) is 52.2 Å². The van der Waals surface area contributed by atoms with E-state index in [0.29, 0.717) is 0 Å². The fourth-order valence-corrected chi connectivity index (χ4v) is 2.30. The minimum absolute atomic E-state index is 0.235. The lowest BCUT2D eigenvalue weighted by atomic mass is 10.1. The first-order valence-corrected chi connectivity index (χ1v) is 6.29. The Kier molecular flexibility index (Phi) is 2.95. The molecule has 1 N–H and O–H groups in total. The summed E-state index contributed by atoms with van der Waals surface area (Å²) in [6.07, 6.45) is 1.36. The Hall–Kier alpha value is -2.69. The lowest BCUT2D eigenvalue weighted by Gasteiger charge is -2.09. The zero-order valence-corrected chi connectivity index (χ0v) is 11.0. The molecule has 2 heterocycles. The van der Waals surface area contributed by atoms with Gasteiger partial charge in [-0.2, -0.15) is 0 Å². The molecular weight excluding hydrogens is 254 g/mol. The van der Waals surface area contributed by atoms with Crippen LogP contribution in [0.2, 0.25) is 0 Å². The number of hydrogen-bond donors (Lipinski definition) is 1. The average Bonchev–Trinajstić information content (AvgIpc) is 2.42. The molecule has 0 bridgehead atoms. The van der Waals surface area contributed by atoms with E-state index < -0.39 is 5.69 Å². The summed E-state index contributed by atoms with van der Waals surface area (Å²) in [5.74, 6) is 0. The van der Waals surface area contributed by atoms with Gasteiger partial charge in [-0.05, 0) is 24.6 Å². The number of nitrogens with zero attached hydrogens (tertiary/aromatic N) is 2. The van der Waals surface area contributed by atoms with Crippen molar-refractivity contribution in [1.29, 1.82) is 0 Å². The first kappa shape index (κ1) is 12.3. The number of H-pyrrole nitrogens is 1. The molecule has 0 aliphatic rings. The van der Waals surface area contributed by atoms with Crippen LogP contribution < -0.4 is 11.2 Å². The van der Waals surface area contributed by atoms with Gasteiger partial charge in [0.1, 0.15) is 0 Å². The number of pyridine rings is 1. The molecule has 2 aromatic heterocycles. The second-order valence-electron chi connectivity index (χ2n) is 4.65. The maximum absolute atomic E-state index is 11.8. The minimum Gasteiger partial charge on any atom is -0.314 e. The molecule has 0 unspecified atom stereocenters. The molecule has 0 atom stereocenters. The van der Waals surface area contributed by atoms with E-state index >= 15 is 0 Å². The largest absolute Gasteiger partial charge is 0.328 e. The van der Waals surface area contributed by atoms with Crippen molar-refractivity contribution in [2.75, 3.05) is 0 Å². The molecule has 3 aromatic rings. The maximum atomic E-state index is 11.8. The summed E-state index contributed by atoms with van der Waals surface area (Å²) in [6.45, 7) is 2.13. The van der Waals surface area contributed by atoms with E-state index in [0.717, 1.165) is 22.2 Å². The average molecular weight is 267 g/mol. The van der Waals surface area contributed by atoms with Gasteiger partial charge in [0.15, 0.2) is 0 Å². The molecule has 0 spiro atoms. The van der Waals surface area contributed by atoms with Crippen molar-refractivity contribution in [1.82, 2.24) is 14.5 Å². The monoisotopic (exact) mass is 267 g/mol. The topological polar surface area (TPSA) is 67.8 Å². The van der Waals surface area contributed by atoms with Gasteiger partial charge in [-0.15, -0.1) is 0 Å². The number of nitrogens with one attached hydrogen (secondary N) is 1. The molecule has 20 heavy (non-hydrogen) atoms. The Labute approximate surface area is 114 Å². The second-order valence-corrected chi connectivity index (χ2v) is 4.65. The van der Waals surface area contributed by atoms with Crippen LogP contribution in [0.3, 0.4) is 0 Å². The van der Waals surface area contributed by atoms with E-state index in [-0.39, 0.29) is 12.1 Å². The van der Waals surface area contributed by atoms with Gasteiger partial charge in [-0.3, -0.25) is 14.3 Å². The third-order valence-corrected chi connectivity index (χ3v) is 3.20. The highest BCUT2D eigenvalue weighted by Crippen LogP contribution is 2.18. The minimum atomic E-state index is -0.406. The van der Waals surface area contributed by atoms with Gasteiger partial charge in [-0.25, -0.2) is 4.79 Å². The predicted molar refractivity (Wildman–Crippen MR) is 76.9 cm³/mol. The normalized spacial score (nSPS) is 10.8. The SMILES string of the molecule is Cc1cc(Cn2c(=O)cc[nH]c2=O)c2ccccc2n1. The molecule has 5 heteroatoms. The lowest BCUT2D eigenvalue weighted by Crippen LogP contribution is -2.34. The maximum Gasteiger partial charge on any atom is 0.328 e. The van der Waals surface area contributed by atoms with Crippen LogP contribution >= 0.6 is 0 Å². The van der Waals surface area contributed by atoms with Crippen LogP contribution in [0, 0.1) is 6.92 Å². The molecule has 0 saturated heterocycles. The highest BCUT2D eigenvalue weighted by Gasteiger charge is 2.07. The van der Waals surface area contributed by atoms with E-state index in [4.69, 9.17) is 0 Å². The molecule has 0 saturated carbocycles. The summed E-state index contributed by atoms with van der Waals surface area (Å²) in [6, 6.07) is 10.9. The first-order valence-electron chi connectivity index (χ1n) is 6.29. The molecule has 5 nitrogen and oxygen atoms in total. The molecule has 3 rings (SSSR count). The zero-order valence-electron chi connectivity index (χ0n) is 11.0. The van der Waals surface area contributed by atoms with Crippen LogP contribution in [-0.2, 0) is 6.54 Å². The van der Waals surface area contributed by atoms with Crippen molar-refractivity contribution in [3.8, 4) is 0 Å². The first-order chi connectivity index (χ1) is 9.65. The number of rotatable bonds is 2. The van der Waals surface area contributed by atoms with Gasteiger partial charge in [0.25, 0.3) is 5.56 Å². The molecule has 0 aliphatic heterocycles. The van der Waals surface area contributed by atoms with Gasteiger partial charge in [-0.1, -0.05) is 18.2 Å². The van der Waals surface area contributed by atoms with E-state index in [1.807, 2.05) is 37.3 Å². The Balaban J connectivity index is 2.21. The number of benzene rings is 1. The Morgan fingerprint density at radius 3 is 2.80 bits per heavy atom. The summed E-state index contributed by atoms with van der Waals surface area (Å²) in [5, 5.41) is 0.952. The quantitative estimate of drug-likeness (QED) is 0.764. The van der Waals surface area contributed by atoms with Crippen LogP contribution in [0.5, 0.6) is 0 Å². The Bertz CT molecular complexity index is 865. The van der Waals surface area contributed by atoms with Crippen molar-refractivity contribution >= 4 is 10.9 Å². The van der Waals surface area contributed by atoms with Crippen LogP contribution in [-0.4, -0.2) is 14.5 Å². The van der Waals surface area contributed by atoms with E-state index in [1.54, 1.807) is 0 Å². The van der Waals surface area contributed by atoms with Crippen LogP contribution in [0.25, 0.3) is 10.9 Å². The fraction of sp³-hybridized carbons (Fsp3) is 0.133. The Morgan fingerprint density at radius 2 is 2.00 bits per heavy atom. The fourth-order valence-electron chi connectivity index (χ4n) is 2.30. The van der Waals surface area contributed by atoms with Crippen LogP contribution in [0.4, 0.5) is 0 Å².